The molecule has 0 amide bonds. The molecule has 0 aliphatic rings. The molecule has 0 aliphatic carbocycles. The van der Waals surface area contributed by atoms with Crippen molar-refractivity contribution in [3.05, 3.63) is 0 Å². The van der Waals surface area contributed by atoms with Gasteiger partial charge in [-0.05, 0) is 6.92 Å². The van der Waals surface area contributed by atoms with E-state index in [-0.39, 0.29) is 5.97 Å². The quantitative estimate of drug-likeness (QED) is 0.531. The fourth-order valence-corrected chi connectivity index (χ4v) is 0.186. The van der Waals surface area contributed by atoms with E-state index in [1.165, 1.54) is 7.11 Å². The third kappa shape index (κ3) is 7.43. The van der Waals surface area contributed by atoms with Gasteiger partial charge in [-0.1, -0.05) is 13.8 Å². The molecule has 0 aromatic carbocycles. The number of nitrogens with two attached hydrogens (primary N) is 1. The van der Waals surface area contributed by atoms with Gasteiger partial charge in [-0.2, -0.15) is 0 Å². The van der Waals surface area contributed by atoms with Gasteiger partial charge < -0.3 is 10.5 Å². The predicted molar refractivity (Wildman–Crippen MR) is 37.0 cm³/mol. The van der Waals surface area contributed by atoms with Gasteiger partial charge in [0.2, 0.25) is 0 Å². The first-order chi connectivity index (χ1) is 4.18. The van der Waals surface area contributed by atoms with E-state index in [0.29, 0.717) is 0 Å². The Morgan fingerprint density at radius 3 is 1.89 bits per heavy atom. The van der Waals surface area contributed by atoms with Crippen LogP contribution in [-0.2, 0) is 9.53 Å². The van der Waals surface area contributed by atoms with Crippen LogP contribution in [0, 0.1) is 0 Å². The molecule has 3 heteroatoms. The van der Waals surface area contributed by atoms with Crippen molar-refractivity contribution in [1.82, 2.24) is 0 Å². The summed E-state index contributed by atoms with van der Waals surface area (Å²) in [4.78, 5) is 10.2. The minimum absolute atomic E-state index is 0.375. The average molecular weight is 133 g/mol. The summed E-state index contributed by atoms with van der Waals surface area (Å²) in [5, 5.41) is 0. The monoisotopic (exact) mass is 133 g/mol. The second-order valence-corrected chi connectivity index (χ2v) is 1.31. The molecule has 0 bridgehead atoms. The van der Waals surface area contributed by atoms with Crippen LogP contribution < -0.4 is 5.73 Å². The normalized spacial score (nSPS) is 10.8. The summed E-state index contributed by atoms with van der Waals surface area (Å²) in [6.07, 6.45) is 0. The van der Waals surface area contributed by atoms with Gasteiger partial charge in [0.15, 0.2) is 0 Å². The zero-order valence-corrected chi connectivity index (χ0v) is 6.47. The van der Waals surface area contributed by atoms with Crippen LogP contribution in [0.5, 0.6) is 0 Å². The van der Waals surface area contributed by atoms with Crippen LogP contribution in [-0.4, -0.2) is 19.1 Å². The third-order valence-electron chi connectivity index (χ3n) is 0.573. The fraction of sp³-hybridized carbons (Fsp3) is 0.833. The number of hydrogen-bond donors (Lipinski definition) is 1. The maximum absolute atomic E-state index is 10.2. The van der Waals surface area contributed by atoms with Gasteiger partial charge >= 0.3 is 5.97 Å². The molecule has 0 aromatic rings. The molecule has 0 aliphatic heterocycles. The summed E-state index contributed by atoms with van der Waals surface area (Å²) in [6.45, 7) is 5.58. The lowest BCUT2D eigenvalue weighted by Gasteiger charge is -1.98. The minimum atomic E-state index is -0.495. The van der Waals surface area contributed by atoms with Crippen molar-refractivity contribution in [1.29, 1.82) is 0 Å². The molecule has 0 spiro atoms. The molecule has 3 nitrogen and oxygen atoms in total. The van der Waals surface area contributed by atoms with E-state index in [2.05, 4.69) is 4.74 Å². The first kappa shape index (κ1) is 11.3. The van der Waals surface area contributed by atoms with Crippen LogP contribution in [0.2, 0.25) is 0 Å². The summed E-state index contributed by atoms with van der Waals surface area (Å²) in [5.74, 6) is -0.375. The highest BCUT2D eigenvalue weighted by Gasteiger charge is 2.03. The Kier molecular flexibility index (Phi) is 9.29. The highest BCUT2D eigenvalue weighted by atomic mass is 16.5. The number of rotatable bonds is 1. The number of esters is 1. The average Bonchev–Trinajstić information content (AvgIpc) is 1.91. The second-order valence-electron chi connectivity index (χ2n) is 1.31. The van der Waals surface area contributed by atoms with Crippen LogP contribution >= 0.6 is 0 Å². The topological polar surface area (TPSA) is 52.3 Å². The van der Waals surface area contributed by atoms with Crippen molar-refractivity contribution in [3.63, 3.8) is 0 Å². The highest BCUT2D eigenvalue weighted by Crippen LogP contribution is 1.76. The van der Waals surface area contributed by atoms with E-state index in [1.807, 2.05) is 13.8 Å². The molecule has 56 valence electrons. The molecule has 0 aromatic heterocycles. The molecule has 0 unspecified atom stereocenters. The molecule has 2 N–H and O–H groups in total. The Morgan fingerprint density at radius 2 is 1.89 bits per heavy atom. The highest BCUT2D eigenvalue weighted by molar-refractivity contribution is 5.74. The Labute approximate surface area is 56.2 Å². The van der Waals surface area contributed by atoms with Crippen molar-refractivity contribution in [2.45, 2.75) is 26.8 Å². The van der Waals surface area contributed by atoms with Crippen LogP contribution in [0.15, 0.2) is 0 Å². The maximum atomic E-state index is 10.2. The summed E-state index contributed by atoms with van der Waals surface area (Å²) in [7, 11) is 1.31. The number of carbonyl (C=O) groups is 1. The van der Waals surface area contributed by atoms with Crippen LogP contribution in [0.4, 0.5) is 0 Å². The molecule has 0 rings (SSSR count). The molecule has 1 atom stereocenters. The first-order valence-corrected chi connectivity index (χ1v) is 3.02. The summed E-state index contributed by atoms with van der Waals surface area (Å²) in [6, 6.07) is -0.495. The smallest absolute Gasteiger partial charge is 0.322 e. The lowest BCUT2D eigenvalue weighted by molar-refractivity contribution is -0.141. The van der Waals surface area contributed by atoms with Crippen LogP contribution in [0.3, 0.4) is 0 Å². The molecule has 0 heterocycles. The lowest BCUT2D eigenvalue weighted by Crippen LogP contribution is -2.27. The number of ether oxygens (including phenoxy) is 1. The number of methoxy groups -OCH3 is 1. The Hall–Kier alpha value is -0.570. The molecular formula is C6H15NO2. The van der Waals surface area contributed by atoms with Gasteiger partial charge in [0.25, 0.3) is 0 Å². The Balaban J connectivity index is 0. The molecule has 0 radical (unpaired) electrons. The fourth-order valence-electron chi connectivity index (χ4n) is 0.186. The van der Waals surface area contributed by atoms with Gasteiger partial charge in [-0.15, -0.1) is 0 Å². The van der Waals surface area contributed by atoms with E-state index >= 15 is 0 Å². The van der Waals surface area contributed by atoms with Gasteiger partial charge in [0, 0.05) is 0 Å². The Morgan fingerprint density at radius 1 is 1.56 bits per heavy atom. The summed E-state index contributed by atoms with van der Waals surface area (Å²) >= 11 is 0. The molecule has 0 saturated heterocycles. The SMILES string of the molecule is CC.COC(=O)[C@@H](C)N. The van der Waals surface area contributed by atoms with Crippen molar-refractivity contribution in [3.8, 4) is 0 Å². The van der Waals surface area contributed by atoms with Crippen molar-refractivity contribution >= 4 is 5.97 Å². The second kappa shape index (κ2) is 7.43. The number of hydrogen-bond acceptors (Lipinski definition) is 3. The zero-order chi connectivity index (χ0) is 7.86. The first-order valence-electron chi connectivity index (χ1n) is 3.02. The largest absolute Gasteiger partial charge is 0.468 e. The van der Waals surface area contributed by atoms with E-state index in [9.17, 15) is 4.79 Å². The van der Waals surface area contributed by atoms with Crippen molar-refractivity contribution < 1.29 is 9.53 Å². The van der Waals surface area contributed by atoms with Crippen molar-refractivity contribution in [2.24, 2.45) is 5.73 Å². The van der Waals surface area contributed by atoms with E-state index in [4.69, 9.17) is 5.73 Å². The molecule has 0 saturated carbocycles. The standard InChI is InChI=1S/C4H9NO2.C2H6/c1-3(5)4(6)7-2;1-2/h3H,5H2,1-2H3;1-2H3/t3-;/m1./s1. The molecular weight excluding hydrogens is 118 g/mol. The van der Waals surface area contributed by atoms with Crippen LogP contribution in [0.25, 0.3) is 0 Å². The van der Waals surface area contributed by atoms with Gasteiger partial charge in [0.1, 0.15) is 6.04 Å². The Bertz CT molecular complexity index is 71.5. The lowest BCUT2D eigenvalue weighted by atomic mass is 10.4. The van der Waals surface area contributed by atoms with Crippen LogP contribution in [0.1, 0.15) is 20.8 Å². The third-order valence-corrected chi connectivity index (χ3v) is 0.573. The minimum Gasteiger partial charge on any atom is -0.468 e. The summed E-state index contributed by atoms with van der Waals surface area (Å²) < 4.78 is 4.25. The molecule has 9 heavy (non-hydrogen) atoms. The van der Waals surface area contributed by atoms with E-state index in [1.54, 1.807) is 6.92 Å². The van der Waals surface area contributed by atoms with E-state index in [0.717, 1.165) is 0 Å². The van der Waals surface area contributed by atoms with Crippen molar-refractivity contribution in [2.75, 3.05) is 7.11 Å². The zero-order valence-electron chi connectivity index (χ0n) is 6.47. The van der Waals surface area contributed by atoms with Gasteiger partial charge in [0.05, 0.1) is 7.11 Å². The predicted octanol–water partition coefficient (Wildman–Crippen LogP) is 0.533. The van der Waals surface area contributed by atoms with Gasteiger partial charge in [-0.25, -0.2) is 0 Å². The van der Waals surface area contributed by atoms with E-state index < -0.39 is 6.04 Å². The van der Waals surface area contributed by atoms with Gasteiger partial charge in [-0.3, -0.25) is 4.79 Å². The number of carbonyl (C=O) groups excluding carboxylic acids is 1. The molecule has 0 fully saturated rings. The maximum Gasteiger partial charge on any atom is 0.322 e. The summed E-state index contributed by atoms with van der Waals surface area (Å²) in [5.41, 5.74) is 5.07.